The number of rotatable bonds is 5. The molecular weight excluding hydrogens is 324 g/mol. The maximum absolute atomic E-state index is 12.3. The molecule has 0 aliphatic carbocycles. The quantitative estimate of drug-likeness (QED) is 0.762. The first kappa shape index (κ1) is 16.3. The number of nitrogens with one attached hydrogen (secondary N) is 1. The van der Waals surface area contributed by atoms with E-state index in [1.807, 2.05) is 38.3 Å². The molecule has 3 rings (SSSR count). The van der Waals surface area contributed by atoms with Gasteiger partial charge in [-0.2, -0.15) is 0 Å². The molecule has 6 nitrogen and oxygen atoms in total. The van der Waals surface area contributed by atoms with Crippen LogP contribution in [0.1, 0.15) is 54.0 Å². The smallest absolute Gasteiger partial charge is 0.274 e. The molecule has 0 aliphatic rings. The Morgan fingerprint density at radius 1 is 1.33 bits per heavy atom. The standard InChI is InChI=1S/C17H18N4O2S/c1-10(2)15-7-13(21-23-15)16(22)19-11(3)17-20-14(9-24-17)12-5-4-6-18-8-12/h4-11H,1-3H3,(H,19,22)/t11-/m0/s1. The van der Waals surface area contributed by atoms with Crippen molar-refractivity contribution in [2.75, 3.05) is 0 Å². The van der Waals surface area contributed by atoms with Crippen molar-refractivity contribution < 1.29 is 9.32 Å². The predicted molar refractivity (Wildman–Crippen MR) is 91.8 cm³/mol. The number of hydrogen-bond acceptors (Lipinski definition) is 6. The molecule has 3 heterocycles. The highest BCUT2D eigenvalue weighted by Crippen LogP contribution is 2.25. The maximum Gasteiger partial charge on any atom is 0.274 e. The first-order valence-corrected chi connectivity index (χ1v) is 8.56. The lowest BCUT2D eigenvalue weighted by Gasteiger charge is -2.09. The van der Waals surface area contributed by atoms with Gasteiger partial charge in [-0.05, 0) is 19.1 Å². The summed E-state index contributed by atoms with van der Waals surface area (Å²) in [7, 11) is 0. The highest BCUT2D eigenvalue weighted by Gasteiger charge is 2.19. The van der Waals surface area contributed by atoms with Gasteiger partial charge in [0.1, 0.15) is 10.8 Å². The summed E-state index contributed by atoms with van der Waals surface area (Å²) in [5.41, 5.74) is 2.10. The van der Waals surface area contributed by atoms with Crippen LogP contribution in [0.2, 0.25) is 0 Å². The second kappa shape index (κ2) is 6.92. The van der Waals surface area contributed by atoms with E-state index in [1.54, 1.807) is 18.5 Å². The Balaban J connectivity index is 1.69. The number of thiazole rings is 1. The summed E-state index contributed by atoms with van der Waals surface area (Å²) in [4.78, 5) is 21.0. The van der Waals surface area contributed by atoms with Gasteiger partial charge < -0.3 is 9.84 Å². The van der Waals surface area contributed by atoms with Gasteiger partial charge in [-0.25, -0.2) is 4.98 Å². The minimum Gasteiger partial charge on any atom is -0.360 e. The zero-order valence-corrected chi connectivity index (χ0v) is 14.5. The van der Waals surface area contributed by atoms with Crippen LogP contribution in [-0.2, 0) is 0 Å². The summed E-state index contributed by atoms with van der Waals surface area (Å²) in [6.45, 7) is 5.87. The van der Waals surface area contributed by atoms with Gasteiger partial charge in [-0.15, -0.1) is 11.3 Å². The summed E-state index contributed by atoms with van der Waals surface area (Å²) in [6.07, 6.45) is 3.49. The van der Waals surface area contributed by atoms with Crippen molar-refractivity contribution in [2.24, 2.45) is 0 Å². The first-order valence-electron chi connectivity index (χ1n) is 7.68. The van der Waals surface area contributed by atoms with Crippen LogP contribution >= 0.6 is 11.3 Å². The molecule has 0 saturated carbocycles. The van der Waals surface area contributed by atoms with E-state index >= 15 is 0 Å². The fraction of sp³-hybridized carbons (Fsp3) is 0.294. The van der Waals surface area contributed by atoms with Crippen molar-refractivity contribution in [3.63, 3.8) is 0 Å². The molecule has 0 radical (unpaired) electrons. The number of carbonyl (C=O) groups excluding carboxylic acids is 1. The molecule has 3 aromatic rings. The topological polar surface area (TPSA) is 80.9 Å². The van der Waals surface area contributed by atoms with Gasteiger partial charge in [0.25, 0.3) is 5.91 Å². The average Bonchev–Trinajstić information content (AvgIpc) is 3.25. The highest BCUT2D eigenvalue weighted by molar-refractivity contribution is 7.10. The fourth-order valence-electron chi connectivity index (χ4n) is 2.13. The van der Waals surface area contributed by atoms with Gasteiger partial charge >= 0.3 is 0 Å². The van der Waals surface area contributed by atoms with Gasteiger partial charge in [0.2, 0.25) is 0 Å². The van der Waals surface area contributed by atoms with Crippen LogP contribution in [0.15, 0.2) is 40.5 Å². The molecule has 0 aromatic carbocycles. The first-order chi connectivity index (χ1) is 11.5. The summed E-state index contributed by atoms with van der Waals surface area (Å²) < 4.78 is 5.17. The summed E-state index contributed by atoms with van der Waals surface area (Å²) in [5, 5.41) is 9.51. The molecule has 24 heavy (non-hydrogen) atoms. The molecule has 0 bridgehead atoms. The molecule has 1 atom stereocenters. The van der Waals surface area contributed by atoms with E-state index in [2.05, 4.69) is 20.4 Å². The van der Waals surface area contributed by atoms with Crippen molar-refractivity contribution in [1.29, 1.82) is 0 Å². The Labute approximate surface area is 143 Å². The van der Waals surface area contributed by atoms with Crippen LogP contribution in [-0.4, -0.2) is 21.0 Å². The van der Waals surface area contributed by atoms with E-state index in [9.17, 15) is 4.79 Å². The number of aromatic nitrogens is 3. The van der Waals surface area contributed by atoms with E-state index in [-0.39, 0.29) is 23.6 Å². The normalized spacial score (nSPS) is 12.3. The Kier molecular flexibility index (Phi) is 4.71. The van der Waals surface area contributed by atoms with Crippen LogP contribution in [0.3, 0.4) is 0 Å². The van der Waals surface area contributed by atoms with Crippen LogP contribution in [0.25, 0.3) is 11.3 Å². The summed E-state index contributed by atoms with van der Waals surface area (Å²) in [6, 6.07) is 5.29. The van der Waals surface area contributed by atoms with E-state index in [0.717, 1.165) is 16.3 Å². The molecule has 1 amide bonds. The molecular formula is C17H18N4O2S. The van der Waals surface area contributed by atoms with Gasteiger partial charge in [0.15, 0.2) is 5.69 Å². The maximum atomic E-state index is 12.3. The minimum atomic E-state index is -0.267. The van der Waals surface area contributed by atoms with Crippen molar-refractivity contribution in [3.8, 4) is 11.3 Å². The van der Waals surface area contributed by atoms with Crippen molar-refractivity contribution in [1.82, 2.24) is 20.4 Å². The molecule has 0 saturated heterocycles. The lowest BCUT2D eigenvalue weighted by molar-refractivity contribution is 0.0930. The average molecular weight is 342 g/mol. The van der Waals surface area contributed by atoms with Gasteiger partial charge in [-0.1, -0.05) is 19.0 Å². The number of carbonyl (C=O) groups is 1. The number of hydrogen-bond donors (Lipinski definition) is 1. The second-order valence-electron chi connectivity index (χ2n) is 5.78. The van der Waals surface area contributed by atoms with Crippen LogP contribution < -0.4 is 5.32 Å². The molecule has 3 aromatic heterocycles. The van der Waals surface area contributed by atoms with Gasteiger partial charge in [0.05, 0.1) is 11.7 Å². The Bertz CT molecular complexity index is 826. The van der Waals surface area contributed by atoms with Crippen LogP contribution in [0.4, 0.5) is 0 Å². The Morgan fingerprint density at radius 2 is 2.17 bits per heavy atom. The van der Waals surface area contributed by atoms with Gasteiger partial charge in [-0.3, -0.25) is 9.78 Å². The lowest BCUT2D eigenvalue weighted by Crippen LogP contribution is -2.26. The van der Waals surface area contributed by atoms with Crippen molar-refractivity contribution >= 4 is 17.2 Å². The van der Waals surface area contributed by atoms with Gasteiger partial charge in [0, 0.05) is 35.3 Å². The monoisotopic (exact) mass is 342 g/mol. The molecule has 124 valence electrons. The van der Waals surface area contributed by atoms with E-state index in [0.29, 0.717) is 5.76 Å². The zero-order chi connectivity index (χ0) is 17.1. The van der Waals surface area contributed by atoms with E-state index in [4.69, 9.17) is 4.52 Å². The molecule has 0 unspecified atom stereocenters. The van der Waals surface area contributed by atoms with Crippen LogP contribution in [0, 0.1) is 0 Å². The third kappa shape index (κ3) is 3.51. The summed E-state index contributed by atoms with van der Waals surface area (Å²) in [5.74, 6) is 0.620. The van der Waals surface area contributed by atoms with Crippen molar-refractivity contribution in [2.45, 2.75) is 32.7 Å². The van der Waals surface area contributed by atoms with Crippen molar-refractivity contribution in [3.05, 3.63) is 52.4 Å². The zero-order valence-electron chi connectivity index (χ0n) is 13.7. The molecule has 0 spiro atoms. The minimum absolute atomic E-state index is 0.192. The fourth-order valence-corrected chi connectivity index (χ4v) is 2.97. The molecule has 0 fully saturated rings. The molecule has 7 heteroatoms. The van der Waals surface area contributed by atoms with Crippen LogP contribution in [0.5, 0.6) is 0 Å². The highest BCUT2D eigenvalue weighted by atomic mass is 32.1. The largest absolute Gasteiger partial charge is 0.360 e. The third-order valence-electron chi connectivity index (χ3n) is 3.53. The number of nitrogens with zero attached hydrogens (tertiary/aromatic N) is 3. The summed E-state index contributed by atoms with van der Waals surface area (Å²) >= 11 is 1.50. The number of amides is 1. The molecule has 0 aliphatic heterocycles. The SMILES string of the molecule is CC(C)c1cc(C(=O)N[C@@H](C)c2nc(-c3cccnc3)cs2)no1. The third-order valence-corrected chi connectivity index (χ3v) is 4.55. The lowest BCUT2D eigenvalue weighted by atomic mass is 10.1. The number of pyridine rings is 1. The van der Waals surface area contributed by atoms with E-state index in [1.165, 1.54) is 11.3 Å². The Hall–Kier alpha value is -2.54. The Morgan fingerprint density at radius 3 is 2.83 bits per heavy atom. The second-order valence-corrected chi connectivity index (χ2v) is 6.67. The predicted octanol–water partition coefficient (Wildman–Crippen LogP) is 3.81. The molecule has 1 N–H and O–H groups in total. The van der Waals surface area contributed by atoms with E-state index < -0.39 is 0 Å².